The SMILES string of the molecule is Cc1cc(OCc2ccc(Cl)cc2Cl)ccc1S(=O)(=O)Cl. The van der Waals surface area contributed by atoms with Crippen molar-refractivity contribution >= 4 is 42.9 Å². The van der Waals surface area contributed by atoms with Crippen molar-refractivity contribution in [2.45, 2.75) is 18.4 Å². The minimum atomic E-state index is -3.75. The molecule has 0 aromatic heterocycles. The summed E-state index contributed by atoms with van der Waals surface area (Å²) >= 11 is 11.9. The van der Waals surface area contributed by atoms with Crippen molar-refractivity contribution < 1.29 is 13.2 Å². The zero-order valence-electron chi connectivity index (χ0n) is 10.9. The van der Waals surface area contributed by atoms with Crippen molar-refractivity contribution in [1.82, 2.24) is 0 Å². The summed E-state index contributed by atoms with van der Waals surface area (Å²) in [6.45, 7) is 1.90. The van der Waals surface area contributed by atoms with E-state index in [0.29, 0.717) is 21.4 Å². The molecule has 2 aromatic carbocycles. The van der Waals surface area contributed by atoms with Crippen LogP contribution in [0.15, 0.2) is 41.3 Å². The first-order chi connectivity index (χ1) is 9.77. The molecule has 0 aliphatic heterocycles. The zero-order chi connectivity index (χ0) is 15.6. The molecule has 112 valence electrons. The molecule has 0 spiro atoms. The summed E-state index contributed by atoms with van der Waals surface area (Å²) in [6.07, 6.45) is 0. The Morgan fingerprint density at radius 2 is 1.81 bits per heavy atom. The van der Waals surface area contributed by atoms with Crippen molar-refractivity contribution in [3.8, 4) is 5.75 Å². The lowest BCUT2D eigenvalue weighted by Gasteiger charge is -2.10. The topological polar surface area (TPSA) is 43.4 Å². The lowest BCUT2D eigenvalue weighted by atomic mass is 10.2. The van der Waals surface area contributed by atoms with E-state index in [0.717, 1.165) is 5.56 Å². The Morgan fingerprint density at radius 3 is 2.38 bits per heavy atom. The Hall–Kier alpha value is -0.940. The van der Waals surface area contributed by atoms with E-state index in [1.54, 1.807) is 37.3 Å². The summed E-state index contributed by atoms with van der Waals surface area (Å²) in [5, 5.41) is 1.07. The Morgan fingerprint density at radius 1 is 1.10 bits per heavy atom. The Balaban J connectivity index is 2.16. The van der Waals surface area contributed by atoms with E-state index in [2.05, 4.69) is 0 Å². The van der Waals surface area contributed by atoms with Crippen LogP contribution in [0.3, 0.4) is 0 Å². The molecule has 0 bridgehead atoms. The van der Waals surface area contributed by atoms with E-state index >= 15 is 0 Å². The van der Waals surface area contributed by atoms with Gasteiger partial charge in [0.25, 0.3) is 9.05 Å². The standard InChI is InChI=1S/C14H11Cl3O3S/c1-9-6-12(4-5-14(9)21(17,18)19)20-8-10-2-3-11(15)7-13(10)16/h2-7H,8H2,1H3. The van der Waals surface area contributed by atoms with Crippen LogP contribution in [-0.2, 0) is 15.7 Å². The average Bonchev–Trinajstić information content (AvgIpc) is 2.36. The molecular formula is C14H11Cl3O3S. The van der Waals surface area contributed by atoms with Crippen LogP contribution >= 0.6 is 33.9 Å². The number of hydrogen-bond acceptors (Lipinski definition) is 3. The normalized spacial score (nSPS) is 11.4. The molecule has 0 amide bonds. The number of benzene rings is 2. The van der Waals surface area contributed by atoms with Crippen LogP contribution in [0.5, 0.6) is 5.75 Å². The number of hydrogen-bond donors (Lipinski definition) is 0. The molecule has 0 heterocycles. The first-order valence-corrected chi connectivity index (χ1v) is 8.96. The minimum Gasteiger partial charge on any atom is -0.489 e. The molecule has 0 aliphatic carbocycles. The average molecular weight is 366 g/mol. The highest BCUT2D eigenvalue weighted by atomic mass is 35.7. The van der Waals surface area contributed by atoms with Crippen LogP contribution in [-0.4, -0.2) is 8.42 Å². The largest absolute Gasteiger partial charge is 0.489 e. The third-order valence-electron chi connectivity index (χ3n) is 2.82. The van der Waals surface area contributed by atoms with E-state index in [9.17, 15) is 8.42 Å². The quantitative estimate of drug-likeness (QED) is 0.730. The molecule has 0 fully saturated rings. The smallest absolute Gasteiger partial charge is 0.261 e. The molecule has 0 aliphatic rings. The lowest BCUT2D eigenvalue weighted by Crippen LogP contribution is -1.99. The van der Waals surface area contributed by atoms with Crippen molar-refractivity contribution in [2.75, 3.05) is 0 Å². The number of rotatable bonds is 4. The molecule has 0 N–H and O–H groups in total. The van der Waals surface area contributed by atoms with Gasteiger partial charge in [0.2, 0.25) is 0 Å². The molecule has 3 nitrogen and oxygen atoms in total. The predicted octanol–water partition coefficient (Wildman–Crippen LogP) is 4.81. The summed E-state index contributed by atoms with van der Waals surface area (Å²) in [5.41, 5.74) is 1.30. The Bertz CT molecular complexity index is 773. The van der Waals surface area contributed by atoms with Crippen molar-refractivity contribution in [3.63, 3.8) is 0 Å². The van der Waals surface area contributed by atoms with Crippen molar-refractivity contribution in [1.29, 1.82) is 0 Å². The maximum atomic E-state index is 11.3. The third kappa shape index (κ3) is 4.27. The van der Waals surface area contributed by atoms with Gasteiger partial charge in [0.05, 0.1) is 4.90 Å². The third-order valence-corrected chi connectivity index (χ3v) is 4.89. The van der Waals surface area contributed by atoms with Gasteiger partial charge in [-0.3, -0.25) is 0 Å². The second-order valence-corrected chi connectivity index (χ2v) is 7.77. The predicted molar refractivity (Wildman–Crippen MR) is 85.0 cm³/mol. The Labute approximate surface area is 137 Å². The fourth-order valence-corrected chi connectivity index (χ4v) is 3.44. The van der Waals surface area contributed by atoms with Gasteiger partial charge in [0.15, 0.2) is 0 Å². The van der Waals surface area contributed by atoms with Gasteiger partial charge in [-0.1, -0.05) is 29.3 Å². The van der Waals surface area contributed by atoms with Gasteiger partial charge >= 0.3 is 0 Å². The van der Waals surface area contributed by atoms with Gasteiger partial charge in [0.1, 0.15) is 12.4 Å². The van der Waals surface area contributed by atoms with Crippen molar-refractivity contribution in [2.24, 2.45) is 0 Å². The van der Waals surface area contributed by atoms with Crippen LogP contribution in [0, 0.1) is 6.92 Å². The first-order valence-electron chi connectivity index (χ1n) is 5.89. The van der Waals surface area contributed by atoms with E-state index in [1.807, 2.05) is 0 Å². The van der Waals surface area contributed by atoms with Crippen LogP contribution < -0.4 is 4.74 Å². The monoisotopic (exact) mass is 364 g/mol. The molecule has 2 aromatic rings. The second-order valence-electron chi connectivity index (χ2n) is 4.39. The number of ether oxygens (including phenoxy) is 1. The van der Waals surface area contributed by atoms with Crippen molar-refractivity contribution in [3.05, 3.63) is 57.6 Å². The van der Waals surface area contributed by atoms with Gasteiger partial charge in [-0.2, -0.15) is 0 Å². The molecule has 0 atom stereocenters. The highest BCUT2D eigenvalue weighted by molar-refractivity contribution is 8.13. The summed E-state index contributed by atoms with van der Waals surface area (Å²) in [5.74, 6) is 0.530. The van der Waals surface area contributed by atoms with Crippen LogP contribution in [0.2, 0.25) is 10.0 Å². The van der Waals surface area contributed by atoms with E-state index in [4.69, 9.17) is 38.6 Å². The maximum absolute atomic E-state index is 11.3. The number of halogens is 3. The van der Waals surface area contributed by atoms with Gasteiger partial charge in [-0.15, -0.1) is 0 Å². The summed E-state index contributed by atoms with van der Waals surface area (Å²) in [4.78, 5) is 0.0704. The Kier molecular flexibility index (Phi) is 5.04. The minimum absolute atomic E-state index is 0.0704. The molecule has 0 saturated heterocycles. The maximum Gasteiger partial charge on any atom is 0.261 e. The van der Waals surface area contributed by atoms with E-state index in [1.165, 1.54) is 6.07 Å². The summed E-state index contributed by atoms with van der Waals surface area (Å²) < 4.78 is 28.2. The van der Waals surface area contributed by atoms with Gasteiger partial charge in [-0.25, -0.2) is 8.42 Å². The second kappa shape index (κ2) is 6.44. The van der Waals surface area contributed by atoms with Gasteiger partial charge in [0, 0.05) is 26.3 Å². The number of aryl methyl sites for hydroxylation is 1. The molecule has 0 unspecified atom stereocenters. The van der Waals surface area contributed by atoms with Crippen LogP contribution in [0.25, 0.3) is 0 Å². The zero-order valence-corrected chi connectivity index (χ0v) is 14.0. The highest BCUT2D eigenvalue weighted by Crippen LogP contribution is 2.26. The molecule has 2 rings (SSSR count). The van der Waals surface area contributed by atoms with Crippen LogP contribution in [0.1, 0.15) is 11.1 Å². The molecule has 0 saturated carbocycles. The van der Waals surface area contributed by atoms with Gasteiger partial charge < -0.3 is 4.74 Å². The summed E-state index contributed by atoms with van der Waals surface area (Å²) in [6, 6.07) is 9.70. The molecule has 21 heavy (non-hydrogen) atoms. The first kappa shape index (κ1) is 16.4. The molecular weight excluding hydrogens is 355 g/mol. The van der Waals surface area contributed by atoms with E-state index < -0.39 is 9.05 Å². The highest BCUT2D eigenvalue weighted by Gasteiger charge is 2.13. The van der Waals surface area contributed by atoms with Gasteiger partial charge in [-0.05, 0) is 42.8 Å². The van der Waals surface area contributed by atoms with Crippen LogP contribution in [0.4, 0.5) is 0 Å². The summed E-state index contributed by atoms with van der Waals surface area (Å²) in [7, 11) is 1.58. The molecule has 7 heteroatoms. The fourth-order valence-electron chi connectivity index (χ4n) is 1.79. The fraction of sp³-hybridized carbons (Fsp3) is 0.143. The molecule has 0 radical (unpaired) electrons. The lowest BCUT2D eigenvalue weighted by molar-refractivity contribution is 0.306. The van der Waals surface area contributed by atoms with E-state index in [-0.39, 0.29) is 11.5 Å².